The molecule has 1 aliphatic rings. The highest BCUT2D eigenvalue weighted by Crippen LogP contribution is 2.34. The maximum Gasteiger partial charge on any atom is 0.330 e. The maximum atomic E-state index is 12.0. The number of halogens is 1. The van der Waals surface area contributed by atoms with Crippen molar-refractivity contribution in [3.05, 3.63) is 39.9 Å². The Hall–Kier alpha value is -1.95. The number of benzene rings is 1. The van der Waals surface area contributed by atoms with E-state index in [1.807, 2.05) is 13.0 Å². The SMILES string of the molecule is CCOC(=O)/C=C/CN1C(=O)C(=O)c2cc(Br)cc(C)c21. The van der Waals surface area contributed by atoms with Crippen LogP contribution < -0.4 is 4.90 Å². The van der Waals surface area contributed by atoms with Gasteiger partial charge in [0.1, 0.15) is 0 Å². The van der Waals surface area contributed by atoms with Crippen LogP contribution in [0, 0.1) is 6.92 Å². The van der Waals surface area contributed by atoms with Crippen LogP contribution in [0.1, 0.15) is 22.8 Å². The first-order valence-corrected chi connectivity index (χ1v) is 7.24. The number of fused-ring (bicyclic) bond motifs is 1. The van der Waals surface area contributed by atoms with Gasteiger partial charge in [-0.25, -0.2) is 4.79 Å². The molecular weight excluding hydrogens is 338 g/mol. The van der Waals surface area contributed by atoms with Crippen molar-refractivity contribution in [3.8, 4) is 0 Å². The number of aryl methyl sites for hydroxylation is 1. The molecule has 1 aromatic rings. The number of esters is 1. The Morgan fingerprint density at radius 2 is 2.10 bits per heavy atom. The molecule has 2 rings (SSSR count). The van der Waals surface area contributed by atoms with Crippen LogP contribution in [-0.4, -0.2) is 30.8 Å². The van der Waals surface area contributed by atoms with E-state index in [1.165, 1.54) is 17.1 Å². The van der Waals surface area contributed by atoms with Crippen molar-refractivity contribution in [2.24, 2.45) is 0 Å². The molecule has 5 nitrogen and oxygen atoms in total. The summed E-state index contributed by atoms with van der Waals surface area (Å²) >= 11 is 3.31. The van der Waals surface area contributed by atoms with Crippen LogP contribution in [0.5, 0.6) is 0 Å². The molecule has 1 aliphatic heterocycles. The molecule has 0 unspecified atom stereocenters. The van der Waals surface area contributed by atoms with Crippen molar-refractivity contribution in [3.63, 3.8) is 0 Å². The lowest BCUT2D eigenvalue weighted by molar-refractivity contribution is -0.137. The molecule has 0 bridgehead atoms. The molecule has 0 radical (unpaired) electrons. The third-order valence-corrected chi connectivity index (χ3v) is 3.51. The number of amides is 1. The first kappa shape index (κ1) is 15.4. The molecule has 0 fully saturated rings. The minimum absolute atomic E-state index is 0.152. The van der Waals surface area contributed by atoms with E-state index in [0.29, 0.717) is 17.9 Å². The van der Waals surface area contributed by atoms with Gasteiger partial charge < -0.3 is 9.64 Å². The topological polar surface area (TPSA) is 63.7 Å². The average molecular weight is 352 g/mol. The Labute approximate surface area is 130 Å². The third-order valence-electron chi connectivity index (χ3n) is 3.05. The molecular formula is C15H14BrNO4. The van der Waals surface area contributed by atoms with Gasteiger partial charge in [-0.05, 0) is 31.5 Å². The number of hydrogen-bond donors (Lipinski definition) is 0. The Bertz CT molecular complexity index is 651. The van der Waals surface area contributed by atoms with E-state index in [0.717, 1.165) is 10.0 Å². The van der Waals surface area contributed by atoms with Crippen molar-refractivity contribution in [2.75, 3.05) is 18.1 Å². The van der Waals surface area contributed by atoms with E-state index in [2.05, 4.69) is 15.9 Å². The predicted molar refractivity (Wildman–Crippen MR) is 81.3 cm³/mol. The Balaban J connectivity index is 2.25. The number of ketones is 1. The number of ether oxygens (including phenoxy) is 1. The largest absolute Gasteiger partial charge is 0.463 e. The molecule has 1 aromatic carbocycles. The number of hydrogen-bond acceptors (Lipinski definition) is 4. The van der Waals surface area contributed by atoms with Gasteiger partial charge in [0, 0.05) is 17.1 Å². The Kier molecular flexibility index (Phi) is 4.57. The number of nitrogens with zero attached hydrogens (tertiary/aromatic N) is 1. The summed E-state index contributed by atoms with van der Waals surface area (Å²) in [5.74, 6) is -1.58. The summed E-state index contributed by atoms with van der Waals surface area (Å²) in [5.41, 5.74) is 1.81. The summed E-state index contributed by atoms with van der Waals surface area (Å²) in [6.45, 7) is 3.99. The second-order valence-electron chi connectivity index (χ2n) is 4.52. The summed E-state index contributed by atoms with van der Waals surface area (Å²) in [4.78, 5) is 36.6. The number of anilines is 1. The van der Waals surface area contributed by atoms with Crippen LogP contribution in [0.4, 0.5) is 5.69 Å². The first-order valence-electron chi connectivity index (χ1n) is 6.45. The average Bonchev–Trinajstić information content (AvgIpc) is 2.64. The fourth-order valence-corrected chi connectivity index (χ4v) is 2.80. The number of rotatable bonds is 4. The van der Waals surface area contributed by atoms with Gasteiger partial charge in [0.05, 0.1) is 17.9 Å². The monoisotopic (exact) mass is 351 g/mol. The first-order chi connectivity index (χ1) is 9.95. The van der Waals surface area contributed by atoms with Crippen molar-refractivity contribution in [1.29, 1.82) is 0 Å². The summed E-state index contributed by atoms with van der Waals surface area (Å²) in [5, 5.41) is 0. The third kappa shape index (κ3) is 3.05. The van der Waals surface area contributed by atoms with Gasteiger partial charge in [-0.1, -0.05) is 22.0 Å². The molecule has 1 heterocycles. The molecule has 0 aliphatic carbocycles. The van der Waals surface area contributed by atoms with Crippen molar-refractivity contribution in [1.82, 2.24) is 0 Å². The molecule has 0 N–H and O–H groups in total. The fourth-order valence-electron chi connectivity index (χ4n) is 2.23. The van der Waals surface area contributed by atoms with E-state index >= 15 is 0 Å². The van der Waals surface area contributed by atoms with Crippen LogP contribution in [0.2, 0.25) is 0 Å². The number of Topliss-reactive ketones (excluding diaryl/α,β-unsaturated/α-hetero) is 1. The van der Waals surface area contributed by atoms with E-state index in [1.54, 1.807) is 13.0 Å². The summed E-state index contributed by atoms with van der Waals surface area (Å²) < 4.78 is 5.51. The molecule has 110 valence electrons. The molecule has 0 atom stereocenters. The van der Waals surface area contributed by atoms with Gasteiger partial charge in [0.25, 0.3) is 11.7 Å². The van der Waals surface area contributed by atoms with Crippen LogP contribution in [0.25, 0.3) is 0 Å². The number of carbonyl (C=O) groups excluding carboxylic acids is 3. The van der Waals surface area contributed by atoms with Crippen LogP contribution in [0.15, 0.2) is 28.8 Å². The lowest BCUT2D eigenvalue weighted by Gasteiger charge is -2.16. The zero-order chi connectivity index (χ0) is 15.6. The quantitative estimate of drug-likeness (QED) is 0.474. The molecule has 6 heteroatoms. The zero-order valence-electron chi connectivity index (χ0n) is 11.7. The molecule has 0 spiro atoms. The zero-order valence-corrected chi connectivity index (χ0v) is 13.3. The van der Waals surface area contributed by atoms with Crippen LogP contribution >= 0.6 is 15.9 Å². The van der Waals surface area contributed by atoms with Gasteiger partial charge >= 0.3 is 5.97 Å². The van der Waals surface area contributed by atoms with Crippen LogP contribution in [-0.2, 0) is 14.3 Å². The van der Waals surface area contributed by atoms with Gasteiger partial charge in [0.15, 0.2) is 0 Å². The van der Waals surface area contributed by atoms with E-state index in [4.69, 9.17) is 4.74 Å². The second kappa shape index (κ2) is 6.22. The van der Waals surface area contributed by atoms with Gasteiger partial charge in [0.2, 0.25) is 0 Å². The van der Waals surface area contributed by atoms with E-state index in [-0.39, 0.29) is 6.54 Å². The normalized spacial score (nSPS) is 14.0. The molecule has 0 aromatic heterocycles. The molecule has 0 saturated carbocycles. The van der Waals surface area contributed by atoms with Crippen molar-refractivity contribution >= 4 is 39.3 Å². The lowest BCUT2D eigenvalue weighted by atomic mass is 10.1. The van der Waals surface area contributed by atoms with E-state index < -0.39 is 17.7 Å². The minimum atomic E-state index is -0.584. The van der Waals surface area contributed by atoms with Gasteiger partial charge in [-0.15, -0.1) is 0 Å². The molecule has 21 heavy (non-hydrogen) atoms. The molecule has 0 saturated heterocycles. The Morgan fingerprint density at radius 1 is 1.38 bits per heavy atom. The second-order valence-corrected chi connectivity index (χ2v) is 5.43. The Morgan fingerprint density at radius 3 is 2.76 bits per heavy atom. The minimum Gasteiger partial charge on any atom is -0.463 e. The number of carbonyl (C=O) groups is 3. The summed E-state index contributed by atoms with van der Waals surface area (Å²) in [7, 11) is 0. The van der Waals surface area contributed by atoms with Crippen molar-refractivity contribution < 1.29 is 19.1 Å². The van der Waals surface area contributed by atoms with Crippen LogP contribution in [0.3, 0.4) is 0 Å². The molecule has 1 amide bonds. The maximum absolute atomic E-state index is 12.0. The van der Waals surface area contributed by atoms with Gasteiger partial charge in [-0.3, -0.25) is 9.59 Å². The summed E-state index contributed by atoms with van der Waals surface area (Å²) in [6, 6.07) is 3.48. The van der Waals surface area contributed by atoms with E-state index in [9.17, 15) is 14.4 Å². The predicted octanol–water partition coefficient (Wildman–Crippen LogP) is 2.41. The van der Waals surface area contributed by atoms with Crippen molar-refractivity contribution in [2.45, 2.75) is 13.8 Å². The standard InChI is InChI=1S/C15H14BrNO4/c1-3-21-12(18)5-4-6-17-13-9(2)7-10(16)8-11(13)14(19)15(17)20/h4-5,7-8H,3,6H2,1-2H3/b5-4+. The fraction of sp³-hybridized carbons (Fsp3) is 0.267. The highest BCUT2D eigenvalue weighted by molar-refractivity contribution is 9.10. The highest BCUT2D eigenvalue weighted by Gasteiger charge is 2.36. The lowest BCUT2D eigenvalue weighted by Crippen LogP contribution is -2.30. The van der Waals surface area contributed by atoms with Gasteiger partial charge in [-0.2, -0.15) is 0 Å². The summed E-state index contributed by atoms with van der Waals surface area (Å²) in [6.07, 6.45) is 2.77. The smallest absolute Gasteiger partial charge is 0.330 e. The highest BCUT2D eigenvalue weighted by atomic mass is 79.9.